The van der Waals surface area contributed by atoms with E-state index in [0.717, 1.165) is 16.8 Å². The molecule has 5 heteroatoms. The topological polar surface area (TPSA) is 42.0 Å². The third-order valence-electron chi connectivity index (χ3n) is 3.55. The smallest absolute Gasteiger partial charge is 0.230 e. The zero-order valence-corrected chi connectivity index (χ0v) is 15.0. The van der Waals surface area contributed by atoms with Crippen molar-refractivity contribution in [2.45, 2.75) is 27.2 Å². The van der Waals surface area contributed by atoms with Gasteiger partial charge >= 0.3 is 0 Å². The molecule has 1 aromatic carbocycles. The number of thiazole rings is 1. The van der Waals surface area contributed by atoms with Gasteiger partial charge in [-0.15, -0.1) is 22.7 Å². The summed E-state index contributed by atoms with van der Waals surface area (Å²) >= 11 is 3.23. The SMILES string of the molecule is Cc1ccc(CC(=O)Nc2nc(-c3cc(C)sc3C)cs2)cc1. The van der Waals surface area contributed by atoms with Crippen LogP contribution in [-0.2, 0) is 11.2 Å². The molecule has 1 N–H and O–H groups in total. The first-order valence-corrected chi connectivity index (χ1v) is 9.09. The van der Waals surface area contributed by atoms with Crippen molar-refractivity contribution >= 4 is 33.7 Å². The average Bonchev–Trinajstić information content (AvgIpc) is 3.07. The van der Waals surface area contributed by atoms with Crippen LogP contribution in [0.2, 0.25) is 0 Å². The van der Waals surface area contributed by atoms with E-state index >= 15 is 0 Å². The number of nitrogens with one attached hydrogen (secondary N) is 1. The molecule has 1 amide bonds. The van der Waals surface area contributed by atoms with Gasteiger partial charge in [-0.2, -0.15) is 0 Å². The van der Waals surface area contributed by atoms with Gasteiger partial charge in [0.2, 0.25) is 5.91 Å². The van der Waals surface area contributed by atoms with E-state index in [9.17, 15) is 4.79 Å². The first-order valence-electron chi connectivity index (χ1n) is 7.39. The largest absolute Gasteiger partial charge is 0.302 e. The van der Waals surface area contributed by atoms with Crippen LogP contribution in [0.3, 0.4) is 0 Å². The van der Waals surface area contributed by atoms with Crippen molar-refractivity contribution in [3.05, 3.63) is 56.6 Å². The summed E-state index contributed by atoms with van der Waals surface area (Å²) in [7, 11) is 0. The highest BCUT2D eigenvalue weighted by molar-refractivity contribution is 7.14. The zero-order valence-electron chi connectivity index (χ0n) is 13.3. The molecule has 3 aromatic rings. The van der Waals surface area contributed by atoms with Crippen molar-refractivity contribution in [2.75, 3.05) is 5.32 Å². The molecule has 0 aliphatic carbocycles. The number of hydrogen-bond donors (Lipinski definition) is 1. The van der Waals surface area contributed by atoms with E-state index < -0.39 is 0 Å². The maximum absolute atomic E-state index is 12.1. The number of rotatable bonds is 4. The first-order chi connectivity index (χ1) is 11.0. The van der Waals surface area contributed by atoms with Gasteiger partial charge in [-0.25, -0.2) is 4.98 Å². The Labute approximate surface area is 144 Å². The van der Waals surface area contributed by atoms with Crippen LogP contribution >= 0.6 is 22.7 Å². The second-order valence-electron chi connectivity index (χ2n) is 5.58. The molecule has 0 saturated heterocycles. The third kappa shape index (κ3) is 3.86. The summed E-state index contributed by atoms with van der Waals surface area (Å²) in [5.41, 5.74) is 4.29. The Bertz CT molecular complexity index is 831. The van der Waals surface area contributed by atoms with Crippen molar-refractivity contribution in [1.29, 1.82) is 0 Å². The Hall–Kier alpha value is -1.98. The number of aryl methyl sites for hydroxylation is 3. The van der Waals surface area contributed by atoms with Gasteiger partial charge in [0.05, 0.1) is 12.1 Å². The molecule has 0 saturated carbocycles. The quantitative estimate of drug-likeness (QED) is 0.726. The number of thiophene rings is 1. The minimum atomic E-state index is -0.0343. The molecule has 0 spiro atoms. The molecule has 23 heavy (non-hydrogen) atoms. The van der Waals surface area contributed by atoms with E-state index in [1.807, 2.05) is 36.6 Å². The van der Waals surface area contributed by atoms with Gasteiger partial charge in [0.15, 0.2) is 5.13 Å². The Morgan fingerprint density at radius 2 is 1.91 bits per heavy atom. The van der Waals surface area contributed by atoms with E-state index in [4.69, 9.17) is 0 Å². The summed E-state index contributed by atoms with van der Waals surface area (Å²) in [6, 6.07) is 10.2. The minimum absolute atomic E-state index is 0.0343. The van der Waals surface area contributed by atoms with Crippen LogP contribution in [0.15, 0.2) is 35.7 Å². The average molecular weight is 342 g/mol. The van der Waals surface area contributed by atoms with Crippen LogP contribution in [-0.4, -0.2) is 10.9 Å². The van der Waals surface area contributed by atoms with E-state index in [1.165, 1.54) is 26.7 Å². The second-order valence-corrected chi connectivity index (χ2v) is 7.89. The van der Waals surface area contributed by atoms with Gasteiger partial charge in [0.1, 0.15) is 0 Å². The summed E-state index contributed by atoms with van der Waals surface area (Å²) in [5.74, 6) is -0.0343. The van der Waals surface area contributed by atoms with Crippen molar-refractivity contribution in [3.8, 4) is 11.3 Å². The highest BCUT2D eigenvalue weighted by Crippen LogP contribution is 2.32. The van der Waals surface area contributed by atoms with Crippen molar-refractivity contribution < 1.29 is 4.79 Å². The fraction of sp³-hybridized carbons (Fsp3) is 0.222. The molecule has 2 aromatic heterocycles. The predicted octanol–water partition coefficient (Wildman–Crippen LogP) is 4.98. The first kappa shape index (κ1) is 15.9. The molecule has 3 rings (SSSR count). The number of amides is 1. The van der Waals surface area contributed by atoms with Gasteiger partial charge in [-0.05, 0) is 32.4 Å². The van der Waals surface area contributed by atoms with Gasteiger partial charge in [-0.1, -0.05) is 29.8 Å². The lowest BCUT2D eigenvalue weighted by atomic mass is 10.1. The summed E-state index contributed by atoms with van der Waals surface area (Å²) in [4.78, 5) is 19.2. The van der Waals surface area contributed by atoms with Crippen LogP contribution in [0.5, 0.6) is 0 Å². The molecule has 0 fully saturated rings. The van der Waals surface area contributed by atoms with Crippen LogP contribution in [0, 0.1) is 20.8 Å². The number of nitrogens with zero attached hydrogens (tertiary/aromatic N) is 1. The Morgan fingerprint density at radius 1 is 1.17 bits per heavy atom. The van der Waals surface area contributed by atoms with Crippen LogP contribution < -0.4 is 5.32 Å². The second kappa shape index (κ2) is 6.64. The highest BCUT2D eigenvalue weighted by atomic mass is 32.1. The maximum atomic E-state index is 12.1. The molecule has 0 bridgehead atoms. The Morgan fingerprint density at radius 3 is 2.57 bits per heavy atom. The molecule has 0 atom stereocenters. The molecule has 0 unspecified atom stereocenters. The van der Waals surface area contributed by atoms with Gasteiger partial charge in [0.25, 0.3) is 0 Å². The summed E-state index contributed by atoms with van der Waals surface area (Å²) < 4.78 is 0. The number of benzene rings is 1. The molecular weight excluding hydrogens is 324 g/mol. The van der Waals surface area contributed by atoms with Crippen molar-refractivity contribution in [2.24, 2.45) is 0 Å². The van der Waals surface area contributed by atoms with Gasteiger partial charge in [-0.3, -0.25) is 4.79 Å². The lowest BCUT2D eigenvalue weighted by Gasteiger charge is -2.02. The van der Waals surface area contributed by atoms with Crippen molar-refractivity contribution in [3.63, 3.8) is 0 Å². The fourth-order valence-electron chi connectivity index (χ4n) is 2.39. The molecule has 2 heterocycles. The number of hydrogen-bond acceptors (Lipinski definition) is 4. The molecule has 0 radical (unpaired) electrons. The van der Waals surface area contributed by atoms with Crippen LogP contribution in [0.4, 0.5) is 5.13 Å². The Balaban J connectivity index is 1.68. The van der Waals surface area contributed by atoms with Crippen molar-refractivity contribution in [1.82, 2.24) is 4.98 Å². The molecule has 118 valence electrons. The zero-order chi connectivity index (χ0) is 16.4. The van der Waals surface area contributed by atoms with E-state index in [1.54, 1.807) is 11.3 Å². The number of carbonyl (C=O) groups is 1. The number of aromatic nitrogens is 1. The third-order valence-corrected chi connectivity index (χ3v) is 5.28. The monoisotopic (exact) mass is 342 g/mol. The molecule has 0 aliphatic heterocycles. The fourth-order valence-corrected chi connectivity index (χ4v) is 4.05. The molecule has 3 nitrogen and oxygen atoms in total. The highest BCUT2D eigenvalue weighted by Gasteiger charge is 2.12. The lowest BCUT2D eigenvalue weighted by molar-refractivity contribution is -0.115. The number of anilines is 1. The normalized spacial score (nSPS) is 10.7. The van der Waals surface area contributed by atoms with E-state index in [0.29, 0.717) is 11.6 Å². The molecule has 0 aliphatic rings. The van der Waals surface area contributed by atoms with E-state index in [-0.39, 0.29) is 5.91 Å². The van der Waals surface area contributed by atoms with Gasteiger partial charge < -0.3 is 5.32 Å². The minimum Gasteiger partial charge on any atom is -0.302 e. The summed E-state index contributed by atoms with van der Waals surface area (Å²) in [6.07, 6.45) is 0.367. The van der Waals surface area contributed by atoms with E-state index in [2.05, 4.69) is 30.2 Å². The standard InChI is InChI=1S/C18H18N2OS2/c1-11-4-6-14(7-5-11)9-17(21)20-18-19-16(10-22-18)15-8-12(2)23-13(15)3/h4-8,10H,9H2,1-3H3,(H,19,20,21). The number of carbonyl (C=O) groups excluding carboxylic acids is 1. The van der Waals surface area contributed by atoms with Crippen LogP contribution in [0.1, 0.15) is 20.9 Å². The summed E-state index contributed by atoms with van der Waals surface area (Å²) in [6.45, 7) is 6.23. The Kier molecular flexibility index (Phi) is 4.59. The maximum Gasteiger partial charge on any atom is 0.230 e. The van der Waals surface area contributed by atoms with Gasteiger partial charge in [0, 0.05) is 20.7 Å². The predicted molar refractivity (Wildman–Crippen MR) is 98.4 cm³/mol. The summed E-state index contributed by atoms with van der Waals surface area (Å²) in [5, 5.41) is 5.54. The lowest BCUT2D eigenvalue weighted by Crippen LogP contribution is -2.14. The molecular formula is C18H18N2OS2. The van der Waals surface area contributed by atoms with Crippen LogP contribution in [0.25, 0.3) is 11.3 Å².